The number of rotatable bonds is 6. The van der Waals surface area contributed by atoms with Crippen molar-refractivity contribution in [2.24, 2.45) is 0 Å². The first-order valence-corrected chi connectivity index (χ1v) is 6.10. The van der Waals surface area contributed by atoms with Crippen molar-refractivity contribution in [3.63, 3.8) is 0 Å². The highest BCUT2D eigenvalue weighted by molar-refractivity contribution is 9.10. The predicted molar refractivity (Wildman–Crippen MR) is 70.7 cm³/mol. The average Bonchev–Trinajstić information content (AvgIpc) is 2.32. The largest absolute Gasteiger partial charge is 0.494 e. The number of hydrogen-bond donors (Lipinski definition) is 1. The van der Waals surface area contributed by atoms with E-state index in [1.807, 2.05) is 24.3 Å². The summed E-state index contributed by atoms with van der Waals surface area (Å²) < 4.78 is 6.47. The number of halogens is 1. The number of nitrogens with one attached hydrogen (secondary N) is 1. The van der Waals surface area contributed by atoms with Crippen LogP contribution in [0, 0.1) is 12.3 Å². The van der Waals surface area contributed by atoms with Gasteiger partial charge in [-0.05, 0) is 24.6 Å². The summed E-state index contributed by atoms with van der Waals surface area (Å²) >= 11 is 3.36. The van der Waals surface area contributed by atoms with Gasteiger partial charge in [-0.15, -0.1) is 6.42 Å². The van der Waals surface area contributed by atoms with E-state index in [2.05, 4.69) is 27.2 Å². The molecule has 0 bridgehead atoms. The van der Waals surface area contributed by atoms with Gasteiger partial charge in [0.05, 0.1) is 13.2 Å². The fourth-order valence-electron chi connectivity index (χ4n) is 1.22. The Morgan fingerprint density at radius 3 is 3.06 bits per heavy atom. The second kappa shape index (κ2) is 7.75. The van der Waals surface area contributed by atoms with Crippen molar-refractivity contribution in [3.8, 4) is 18.1 Å². The van der Waals surface area contributed by atoms with Gasteiger partial charge in [0, 0.05) is 10.9 Å². The summed E-state index contributed by atoms with van der Waals surface area (Å²) in [6.07, 6.45) is 6.12. The van der Waals surface area contributed by atoms with E-state index in [1.54, 1.807) is 0 Å². The molecular formula is C13H14BrNO2. The van der Waals surface area contributed by atoms with Gasteiger partial charge in [-0.2, -0.15) is 0 Å². The quantitative estimate of drug-likeness (QED) is 0.646. The average molecular weight is 296 g/mol. The van der Waals surface area contributed by atoms with Crippen LogP contribution in [0.2, 0.25) is 0 Å². The first kappa shape index (κ1) is 13.6. The Morgan fingerprint density at radius 2 is 2.35 bits per heavy atom. The zero-order chi connectivity index (χ0) is 12.5. The smallest absolute Gasteiger partial charge is 0.220 e. The fraction of sp³-hybridized carbons (Fsp3) is 0.308. The molecule has 0 aliphatic carbocycles. The molecule has 1 N–H and O–H groups in total. The number of benzene rings is 1. The minimum atomic E-state index is -0.0409. The fourth-order valence-corrected chi connectivity index (χ4v) is 1.60. The summed E-state index contributed by atoms with van der Waals surface area (Å²) in [6.45, 7) is 0.797. The van der Waals surface area contributed by atoms with Gasteiger partial charge in [0.1, 0.15) is 5.75 Å². The van der Waals surface area contributed by atoms with Gasteiger partial charge in [0.2, 0.25) is 5.91 Å². The minimum absolute atomic E-state index is 0.0409. The van der Waals surface area contributed by atoms with Crippen molar-refractivity contribution in [2.75, 3.05) is 13.2 Å². The van der Waals surface area contributed by atoms with Crippen molar-refractivity contribution >= 4 is 21.8 Å². The maximum Gasteiger partial charge on any atom is 0.220 e. The lowest BCUT2D eigenvalue weighted by molar-refractivity contribution is -0.121. The molecule has 17 heavy (non-hydrogen) atoms. The van der Waals surface area contributed by atoms with E-state index in [-0.39, 0.29) is 12.5 Å². The standard InChI is InChI=1S/C13H14BrNO2/c1-2-8-15-13(16)7-4-9-17-12-6-3-5-11(14)10-12/h1,3,5-6,10H,4,7-9H2,(H,15,16). The number of ether oxygens (including phenoxy) is 1. The third-order valence-electron chi connectivity index (χ3n) is 2.00. The van der Waals surface area contributed by atoms with E-state index in [0.29, 0.717) is 19.4 Å². The van der Waals surface area contributed by atoms with Crippen LogP contribution in [0.5, 0.6) is 5.75 Å². The molecule has 3 nitrogen and oxygen atoms in total. The molecule has 1 aromatic rings. The molecule has 0 spiro atoms. The molecule has 0 saturated heterocycles. The lowest BCUT2D eigenvalue weighted by atomic mass is 10.3. The molecule has 0 radical (unpaired) electrons. The van der Waals surface area contributed by atoms with E-state index in [1.165, 1.54) is 0 Å². The Kier molecular flexibility index (Phi) is 6.19. The van der Waals surface area contributed by atoms with Crippen LogP contribution in [0.1, 0.15) is 12.8 Å². The first-order valence-electron chi connectivity index (χ1n) is 5.31. The van der Waals surface area contributed by atoms with Crippen LogP contribution < -0.4 is 10.1 Å². The summed E-state index contributed by atoms with van der Waals surface area (Å²) in [6, 6.07) is 7.60. The molecule has 1 aromatic carbocycles. The van der Waals surface area contributed by atoms with E-state index in [0.717, 1.165) is 10.2 Å². The van der Waals surface area contributed by atoms with Crippen LogP contribution in [0.4, 0.5) is 0 Å². The molecule has 0 unspecified atom stereocenters. The van der Waals surface area contributed by atoms with Crippen molar-refractivity contribution in [1.82, 2.24) is 5.32 Å². The number of amides is 1. The SMILES string of the molecule is C#CCNC(=O)CCCOc1cccc(Br)c1. The zero-order valence-electron chi connectivity index (χ0n) is 9.41. The summed E-state index contributed by atoms with van der Waals surface area (Å²) in [5.74, 6) is 3.11. The van der Waals surface area contributed by atoms with E-state index in [4.69, 9.17) is 11.2 Å². The van der Waals surface area contributed by atoms with Gasteiger partial charge in [0.25, 0.3) is 0 Å². The van der Waals surface area contributed by atoms with Crippen LogP contribution in [0.15, 0.2) is 28.7 Å². The highest BCUT2D eigenvalue weighted by Gasteiger charge is 2.00. The molecule has 1 rings (SSSR count). The molecule has 0 heterocycles. The summed E-state index contributed by atoms with van der Waals surface area (Å²) in [5, 5.41) is 2.60. The third-order valence-corrected chi connectivity index (χ3v) is 2.49. The predicted octanol–water partition coefficient (Wildman–Crippen LogP) is 2.36. The van der Waals surface area contributed by atoms with Crippen LogP contribution in [0.3, 0.4) is 0 Å². The van der Waals surface area contributed by atoms with Gasteiger partial charge in [-0.25, -0.2) is 0 Å². The number of terminal acetylenes is 1. The van der Waals surface area contributed by atoms with E-state index in [9.17, 15) is 4.79 Å². The molecule has 90 valence electrons. The monoisotopic (exact) mass is 295 g/mol. The van der Waals surface area contributed by atoms with Crippen molar-refractivity contribution < 1.29 is 9.53 Å². The lowest BCUT2D eigenvalue weighted by Crippen LogP contribution is -2.23. The highest BCUT2D eigenvalue weighted by atomic mass is 79.9. The lowest BCUT2D eigenvalue weighted by Gasteiger charge is -2.06. The Bertz CT molecular complexity index is 412. The van der Waals surface area contributed by atoms with Crippen LogP contribution >= 0.6 is 15.9 Å². The maximum atomic E-state index is 11.2. The number of hydrogen-bond acceptors (Lipinski definition) is 2. The molecule has 0 aliphatic heterocycles. The molecule has 1 amide bonds. The highest BCUT2D eigenvalue weighted by Crippen LogP contribution is 2.17. The van der Waals surface area contributed by atoms with E-state index >= 15 is 0 Å². The van der Waals surface area contributed by atoms with Gasteiger partial charge < -0.3 is 10.1 Å². The second-order valence-electron chi connectivity index (χ2n) is 3.39. The molecule has 0 atom stereocenters. The Labute approximate surface area is 110 Å². The maximum absolute atomic E-state index is 11.2. The van der Waals surface area contributed by atoms with Crippen LogP contribution in [-0.2, 0) is 4.79 Å². The molecule has 0 fully saturated rings. The summed E-state index contributed by atoms with van der Waals surface area (Å²) in [7, 11) is 0. The summed E-state index contributed by atoms with van der Waals surface area (Å²) in [5.41, 5.74) is 0. The second-order valence-corrected chi connectivity index (χ2v) is 4.31. The Hall–Kier alpha value is -1.47. The Balaban J connectivity index is 2.16. The van der Waals surface area contributed by atoms with E-state index < -0.39 is 0 Å². The Morgan fingerprint density at radius 1 is 1.53 bits per heavy atom. The normalized spacial score (nSPS) is 9.41. The van der Waals surface area contributed by atoms with Gasteiger partial charge >= 0.3 is 0 Å². The number of carbonyl (C=O) groups is 1. The number of carbonyl (C=O) groups excluding carboxylic acids is 1. The van der Waals surface area contributed by atoms with Gasteiger partial charge in [-0.3, -0.25) is 4.79 Å². The van der Waals surface area contributed by atoms with Gasteiger partial charge in [-0.1, -0.05) is 27.9 Å². The zero-order valence-corrected chi connectivity index (χ0v) is 11.0. The first-order chi connectivity index (χ1) is 8.22. The molecular weight excluding hydrogens is 282 g/mol. The minimum Gasteiger partial charge on any atom is -0.494 e. The van der Waals surface area contributed by atoms with Crippen molar-refractivity contribution in [3.05, 3.63) is 28.7 Å². The van der Waals surface area contributed by atoms with Crippen LogP contribution in [0.25, 0.3) is 0 Å². The molecule has 0 aliphatic rings. The van der Waals surface area contributed by atoms with Crippen LogP contribution in [-0.4, -0.2) is 19.1 Å². The third kappa shape index (κ3) is 5.98. The molecule has 0 saturated carbocycles. The topological polar surface area (TPSA) is 38.3 Å². The molecule has 0 aromatic heterocycles. The van der Waals surface area contributed by atoms with Crippen molar-refractivity contribution in [1.29, 1.82) is 0 Å². The van der Waals surface area contributed by atoms with Gasteiger partial charge in [0.15, 0.2) is 0 Å². The molecule has 4 heteroatoms. The summed E-state index contributed by atoms with van der Waals surface area (Å²) in [4.78, 5) is 11.2. The van der Waals surface area contributed by atoms with Crippen molar-refractivity contribution in [2.45, 2.75) is 12.8 Å².